The summed E-state index contributed by atoms with van der Waals surface area (Å²) in [7, 11) is 0. The summed E-state index contributed by atoms with van der Waals surface area (Å²) in [5.41, 5.74) is 0.112. The van der Waals surface area contributed by atoms with E-state index in [-0.39, 0.29) is 46.6 Å². The van der Waals surface area contributed by atoms with Crippen LogP contribution in [0.1, 0.15) is 54.9 Å². The lowest BCUT2D eigenvalue weighted by Gasteiger charge is -2.19. The first-order chi connectivity index (χ1) is 11.9. The van der Waals surface area contributed by atoms with Gasteiger partial charge in [0, 0.05) is 18.9 Å². The Kier molecular flexibility index (Phi) is 5.41. The van der Waals surface area contributed by atoms with Crippen LogP contribution in [-0.2, 0) is 15.9 Å². The van der Waals surface area contributed by atoms with Crippen LogP contribution in [-0.4, -0.2) is 45.7 Å². The topological polar surface area (TPSA) is 99.5 Å². The summed E-state index contributed by atoms with van der Waals surface area (Å²) in [6, 6.07) is 1.02. The van der Waals surface area contributed by atoms with Gasteiger partial charge < -0.3 is 24.8 Å². The van der Waals surface area contributed by atoms with Crippen LogP contribution in [0.25, 0.3) is 0 Å². The summed E-state index contributed by atoms with van der Waals surface area (Å²) in [5, 5.41) is 30.2. The van der Waals surface area contributed by atoms with Gasteiger partial charge in [0.1, 0.15) is 23.2 Å². The van der Waals surface area contributed by atoms with E-state index in [0.29, 0.717) is 12.8 Å². The molecular weight excluding hydrogens is 348 g/mol. The van der Waals surface area contributed by atoms with Crippen LogP contribution in [0.5, 0.6) is 11.5 Å². The van der Waals surface area contributed by atoms with E-state index in [1.807, 2.05) is 0 Å². The molecule has 0 radical (unpaired) electrons. The number of aliphatic hydroxyl groups excluding tert-OH is 1. The molecule has 1 fully saturated rings. The number of aromatic hydroxyl groups is 2. The van der Waals surface area contributed by atoms with Crippen molar-refractivity contribution in [1.29, 1.82) is 0 Å². The first-order valence-electron chi connectivity index (χ1n) is 8.64. The molecular formula is C18H23ClO6. The van der Waals surface area contributed by atoms with Gasteiger partial charge in [-0.05, 0) is 25.3 Å². The minimum absolute atomic E-state index is 0.0471. The van der Waals surface area contributed by atoms with Crippen LogP contribution in [0, 0.1) is 0 Å². The smallest absolute Gasteiger partial charge is 0.342 e. The number of esters is 1. The molecule has 0 bridgehead atoms. The van der Waals surface area contributed by atoms with Crippen molar-refractivity contribution < 1.29 is 29.6 Å². The number of cyclic esters (lactones) is 1. The molecule has 0 aromatic heterocycles. The minimum Gasteiger partial charge on any atom is -0.507 e. The van der Waals surface area contributed by atoms with Crippen molar-refractivity contribution in [3.8, 4) is 11.5 Å². The molecule has 2 aliphatic heterocycles. The summed E-state index contributed by atoms with van der Waals surface area (Å²) in [6.07, 6.45) is 3.07. The number of rotatable bonds is 0. The highest BCUT2D eigenvalue weighted by molar-refractivity contribution is 6.33. The monoisotopic (exact) mass is 370 g/mol. The Morgan fingerprint density at radius 2 is 1.88 bits per heavy atom. The number of hydrogen-bond donors (Lipinski definition) is 3. The first-order valence-corrected chi connectivity index (χ1v) is 9.02. The standard InChI is InChI=1S/C18H23ClO6/c1-9-6-15-14(25-15)5-3-2-4-10(20)7-11-16(18(23)24-9)12(21)8-13(22)17(11)19/h8-10,14-15,20-22H,2-7H2,1H3/t9-,10-,14+,15+/m1/s1. The fraction of sp³-hybridized carbons (Fsp3) is 0.611. The molecule has 1 saturated heterocycles. The number of fused-ring (bicyclic) bond motifs is 2. The number of phenolic OH excluding ortho intramolecular Hbond substituents is 2. The molecule has 1 aromatic carbocycles. The minimum atomic E-state index is -0.735. The van der Waals surface area contributed by atoms with Gasteiger partial charge in [-0.2, -0.15) is 0 Å². The number of phenols is 2. The van der Waals surface area contributed by atoms with E-state index in [9.17, 15) is 20.1 Å². The predicted octanol–water partition coefficient (Wildman–Crippen LogP) is 2.93. The molecule has 3 N–H and O–H groups in total. The molecule has 2 heterocycles. The number of carbonyl (C=O) groups excluding carboxylic acids is 1. The molecule has 0 amide bonds. The van der Waals surface area contributed by atoms with Crippen molar-refractivity contribution in [1.82, 2.24) is 0 Å². The molecule has 4 atom stereocenters. The summed E-state index contributed by atoms with van der Waals surface area (Å²) in [6.45, 7) is 1.77. The van der Waals surface area contributed by atoms with E-state index in [0.717, 1.165) is 25.3 Å². The third-order valence-electron chi connectivity index (χ3n) is 4.80. The quantitative estimate of drug-likeness (QED) is 0.479. The zero-order valence-electron chi connectivity index (χ0n) is 14.1. The van der Waals surface area contributed by atoms with Crippen LogP contribution < -0.4 is 0 Å². The maximum atomic E-state index is 12.6. The van der Waals surface area contributed by atoms with Crippen LogP contribution in [0.2, 0.25) is 5.02 Å². The van der Waals surface area contributed by atoms with E-state index in [1.165, 1.54) is 0 Å². The number of epoxide rings is 1. The largest absolute Gasteiger partial charge is 0.507 e. The summed E-state index contributed by atoms with van der Waals surface area (Å²) >= 11 is 6.13. The fourth-order valence-electron chi connectivity index (χ4n) is 3.42. The second-order valence-corrected chi connectivity index (χ2v) is 7.27. The van der Waals surface area contributed by atoms with Gasteiger partial charge in [0.25, 0.3) is 0 Å². The number of ether oxygens (including phenoxy) is 2. The highest BCUT2D eigenvalue weighted by Gasteiger charge is 2.40. The highest BCUT2D eigenvalue weighted by atomic mass is 35.5. The average Bonchev–Trinajstić information content (AvgIpc) is 3.25. The van der Waals surface area contributed by atoms with E-state index in [4.69, 9.17) is 21.1 Å². The van der Waals surface area contributed by atoms with Crippen molar-refractivity contribution >= 4 is 17.6 Å². The van der Waals surface area contributed by atoms with Crippen LogP contribution >= 0.6 is 11.6 Å². The second kappa shape index (κ2) is 7.40. The molecule has 25 heavy (non-hydrogen) atoms. The molecule has 2 aliphatic rings. The summed E-state index contributed by atoms with van der Waals surface area (Å²) in [5.74, 6) is -1.46. The van der Waals surface area contributed by atoms with E-state index < -0.39 is 17.8 Å². The maximum absolute atomic E-state index is 12.6. The van der Waals surface area contributed by atoms with E-state index in [1.54, 1.807) is 6.92 Å². The normalized spacial score (nSPS) is 30.6. The lowest BCUT2D eigenvalue weighted by molar-refractivity contribution is 0.0304. The van der Waals surface area contributed by atoms with Gasteiger partial charge in [-0.15, -0.1) is 0 Å². The predicted molar refractivity (Wildman–Crippen MR) is 91.1 cm³/mol. The van der Waals surface area contributed by atoms with Crippen molar-refractivity contribution in [2.75, 3.05) is 0 Å². The van der Waals surface area contributed by atoms with Gasteiger partial charge >= 0.3 is 5.97 Å². The van der Waals surface area contributed by atoms with Gasteiger partial charge in [0.05, 0.1) is 23.3 Å². The maximum Gasteiger partial charge on any atom is 0.342 e. The molecule has 7 heteroatoms. The van der Waals surface area contributed by atoms with Crippen LogP contribution in [0.15, 0.2) is 6.07 Å². The molecule has 1 aromatic rings. The molecule has 0 saturated carbocycles. The molecule has 0 unspecified atom stereocenters. The Morgan fingerprint density at radius 1 is 1.16 bits per heavy atom. The SMILES string of the molecule is C[C@@H]1C[C@@H]2O[C@H]2CCCC[C@@H](O)Cc2c(Cl)c(O)cc(O)c2C(=O)O1. The zero-order chi connectivity index (χ0) is 18.1. The second-order valence-electron chi connectivity index (χ2n) is 6.89. The highest BCUT2D eigenvalue weighted by Crippen LogP contribution is 2.38. The fourth-order valence-corrected chi connectivity index (χ4v) is 3.65. The molecule has 3 rings (SSSR count). The number of carbonyl (C=O) groups is 1. The molecule has 0 aliphatic carbocycles. The number of benzene rings is 1. The third kappa shape index (κ3) is 4.19. The summed E-state index contributed by atoms with van der Waals surface area (Å²) < 4.78 is 11.0. The Bertz CT molecular complexity index is 661. The average molecular weight is 371 g/mol. The first kappa shape index (κ1) is 18.3. The van der Waals surface area contributed by atoms with Gasteiger partial charge in [0.2, 0.25) is 0 Å². The van der Waals surface area contributed by atoms with Gasteiger partial charge in [-0.25, -0.2) is 4.79 Å². The zero-order valence-corrected chi connectivity index (χ0v) is 14.8. The van der Waals surface area contributed by atoms with Gasteiger partial charge in [-0.3, -0.25) is 0 Å². The third-order valence-corrected chi connectivity index (χ3v) is 5.22. The van der Waals surface area contributed by atoms with Crippen LogP contribution in [0.4, 0.5) is 0 Å². The van der Waals surface area contributed by atoms with E-state index >= 15 is 0 Å². The van der Waals surface area contributed by atoms with Gasteiger partial charge in [-0.1, -0.05) is 24.4 Å². The Morgan fingerprint density at radius 3 is 2.64 bits per heavy atom. The number of halogens is 1. The van der Waals surface area contributed by atoms with E-state index in [2.05, 4.69) is 0 Å². The van der Waals surface area contributed by atoms with Crippen molar-refractivity contribution in [2.24, 2.45) is 0 Å². The lowest BCUT2D eigenvalue weighted by atomic mass is 9.96. The van der Waals surface area contributed by atoms with Crippen molar-refractivity contribution in [3.05, 3.63) is 22.2 Å². The van der Waals surface area contributed by atoms with Gasteiger partial charge in [0.15, 0.2) is 0 Å². The Balaban J connectivity index is 1.92. The van der Waals surface area contributed by atoms with Crippen LogP contribution in [0.3, 0.4) is 0 Å². The molecule has 0 spiro atoms. The van der Waals surface area contributed by atoms with Crippen molar-refractivity contribution in [2.45, 2.75) is 69.9 Å². The molecule has 6 nitrogen and oxygen atoms in total. The number of aliphatic hydroxyl groups is 1. The van der Waals surface area contributed by atoms with Crippen molar-refractivity contribution in [3.63, 3.8) is 0 Å². The summed E-state index contributed by atoms with van der Waals surface area (Å²) in [4.78, 5) is 12.6. The lowest BCUT2D eigenvalue weighted by Crippen LogP contribution is -2.21. The molecule has 138 valence electrons. The Hall–Kier alpha value is -1.50. The Labute approximate surface area is 151 Å². The number of hydrogen-bond acceptors (Lipinski definition) is 6.